The molecule has 0 radical (unpaired) electrons. The van der Waals surface area contributed by atoms with Crippen molar-refractivity contribution in [2.24, 2.45) is 0 Å². The molecule has 2 aromatic rings. The van der Waals surface area contributed by atoms with E-state index in [1.165, 1.54) is 10.8 Å². The van der Waals surface area contributed by atoms with E-state index < -0.39 is 29.7 Å². The van der Waals surface area contributed by atoms with Gasteiger partial charge in [0.15, 0.2) is 0 Å². The van der Waals surface area contributed by atoms with Gasteiger partial charge >= 0.3 is 5.69 Å². The third-order valence-electron chi connectivity index (χ3n) is 4.36. The quantitative estimate of drug-likeness (QED) is 0.713. The molecule has 1 fully saturated rings. The zero-order valence-corrected chi connectivity index (χ0v) is 14.0. The first kappa shape index (κ1) is 17.4. The van der Waals surface area contributed by atoms with Gasteiger partial charge in [-0.15, -0.1) is 0 Å². The maximum atomic E-state index is 12.2. The summed E-state index contributed by atoms with van der Waals surface area (Å²) in [6.07, 6.45) is -0.751. The number of hydrogen-bond donors (Lipinski definition) is 3. The van der Waals surface area contributed by atoms with Gasteiger partial charge in [-0.2, -0.15) is 0 Å². The lowest BCUT2D eigenvalue weighted by molar-refractivity contribution is -0.0458. The molecule has 0 amide bonds. The van der Waals surface area contributed by atoms with Crippen LogP contribution < -0.4 is 16.1 Å². The lowest BCUT2D eigenvalue weighted by atomic mass is 10.1. The minimum Gasteiger partial charge on any atom is -0.394 e. The van der Waals surface area contributed by atoms with Crippen molar-refractivity contribution >= 4 is 5.69 Å². The zero-order chi connectivity index (χ0) is 18.1. The highest BCUT2D eigenvalue weighted by Crippen LogP contribution is 2.28. The normalized spacial score (nSPS) is 23.0. The van der Waals surface area contributed by atoms with E-state index in [4.69, 9.17) is 4.74 Å². The zero-order valence-electron chi connectivity index (χ0n) is 14.0. The molecule has 0 unspecified atom stereocenters. The first-order chi connectivity index (χ1) is 11.9. The third kappa shape index (κ3) is 3.37. The number of hydrogen-bond acceptors (Lipinski definition) is 6. The lowest BCUT2D eigenvalue weighted by Gasteiger charge is -2.16. The first-order valence-electron chi connectivity index (χ1n) is 7.98. The van der Waals surface area contributed by atoms with E-state index in [2.05, 4.69) is 4.98 Å². The summed E-state index contributed by atoms with van der Waals surface area (Å²) in [6.45, 7) is -0.339. The number of ether oxygens (including phenoxy) is 1. The second kappa shape index (κ2) is 6.83. The van der Waals surface area contributed by atoms with Gasteiger partial charge in [0.25, 0.3) is 5.56 Å². The van der Waals surface area contributed by atoms with Gasteiger partial charge < -0.3 is 19.8 Å². The Hall–Kier alpha value is -2.42. The number of rotatable bonds is 4. The summed E-state index contributed by atoms with van der Waals surface area (Å²) in [5.74, 6) is 0. The highest BCUT2D eigenvalue weighted by molar-refractivity contribution is 5.64. The van der Waals surface area contributed by atoms with Gasteiger partial charge in [0.1, 0.15) is 12.3 Å². The van der Waals surface area contributed by atoms with Crippen LogP contribution in [0, 0.1) is 0 Å². The topological polar surface area (TPSA) is 108 Å². The molecule has 0 aliphatic carbocycles. The Balaban J connectivity index is 1.99. The van der Waals surface area contributed by atoms with Crippen molar-refractivity contribution in [1.29, 1.82) is 0 Å². The number of aromatic amines is 1. The summed E-state index contributed by atoms with van der Waals surface area (Å²) in [7, 11) is 3.84. The second-order valence-electron chi connectivity index (χ2n) is 6.27. The molecule has 25 heavy (non-hydrogen) atoms. The molecule has 0 bridgehead atoms. The molecule has 3 atom stereocenters. The van der Waals surface area contributed by atoms with Crippen LogP contribution in [0.3, 0.4) is 0 Å². The van der Waals surface area contributed by atoms with E-state index in [1.807, 2.05) is 31.1 Å². The summed E-state index contributed by atoms with van der Waals surface area (Å²) in [6, 6.07) is 7.36. The predicted octanol–water partition coefficient (Wildman–Crippen LogP) is -0.0897. The van der Waals surface area contributed by atoms with Crippen molar-refractivity contribution in [1.82, 2.24) is 9.55 Å². The largest absolute Gasteiger partial charge is 0.394 e. The van der Waals surface area contributed by atoms with E-state index in [1.54, 1.807) is 12.1 Å². The predicted molar refractivity (Wildman–Crippen MR) is 92.7 cm³/mol. The van der Waals surface area contributed by atoms with Gasteiger partial charge in [-0.25, -0.2) is 4.79 Å². The van der Waals surface area contributed by atoms with E-state index in [-0.39, 0.29) is 13.0 Å². The first-order valence-corrected chi connectivity index (χ1v) is 7.98. The van der Waals surface area contributed by atoms with Crippen LogP contribution in [0.5, 0.6) is 0 Å². The number of anilines is 1. The van der Waals surface area contributed by atoms with Crippen LogP contribution in [0.15, 0.2) is 40.1 Å². The fourth-order valence-corrected chi connectivity index (χ4v) is 2.89. The van der Waals surface area contributed by atoms with Crippen molar-refractivity contribution in [2.75, 3.05) is 25.6 Å². The Kier molecular flexibility index (Phi) is 4.76. The van der Waals surface area contributed by atoms with Crippen molar-refractivity contribution in [3.05, 3.63) is 51.3 Å². The van der Waals surface area contributed by atoms with E-state index in [0.717, 1.165) is 5.69 Å². The molecule has 8 nitrogen and oxygen atoms in total. The smallest absolute Gasteiger partial charge is 0.330 e. The molecule has 1 aliphatic rings. The molecule has 0 saturated carbocycles. The Morgan fingerprint density at radius 1 is 1.28 bits per heavy atom. The van der Waals surface area contributed by atoms with Gasteiger partial charge in [0.05, 0.1) is 18.3 Å². The second-order valence-corrected chi connectivity index (χ2v) is 6.27. The van der Waals surface area contributed by atoms with Crippen molar-refractivity contribution in [3.63, 3.8) is 0 Å². The molecule has 2 heterocycles. The van der Waals surface area contributed by atoms with Crippen LogP contribution in [-0.2, 0) is 4.74 Å². The maximum Gasteiger partial charge on any atom is 0.330 e. The van der Waals surface area contributed by atoms with Gasteiger partial charge in [-0.3, -0.25) is 14.3 Å². The molecule has 1 aromatic carbocycles. The van der Waals surface area contributed by atoms with E-state index in [0.29, 0.717) is 11.1 Å². The summed E-state index contributed by atoms with van der Waals surface area (Å²) in [5.41, 5.74) is 0.875. The Morgan fingerprint density at radius 2 is 1.96 bits per heavy atom. The lowest BCUT2D eigenvalue weighted by Crippen LogP contribution is -2.33. The highest BCUT2D eigenvalue weighted by Gasteiger charge is 2.35. The van der Waals surface area contributed by atoms with Gasteiger partial charge in [-0.1, -0.05) is 12.1 Å². The highest BCUT2D eigenvalue weighted by atomic mass is 16.5. The minimum atomic E-state index is -0.864. The minimum absolute atomic E-state index is 0.163. The van der Waals surface area contributed by atoms with Crippen LogP contribution in [0.1, 0.15) is 12.6 Å². The van der Waals surface area contributed by atoms with Gasteiger partial charge in [-0.05, 0) is 17.7 Å². The van der Waals surface area contributed by atoms with Crippen LogP contribution in [0.4, 0.5) is 5.69 Å². The van der Waals surface area contributed by atoms with Crippen LogP contribution >= 0.6 is 0 Å². The number of benzene rings is 1. The SMILES string of the molecule is CN(C)c1ccc(-c2cn([C@H]3C[C@H](O)[C@@H](CO)O3)c(=O)[nH]c2=O)cc1. The van der Waals surface area contributed by atoms with Crippen molar-refractivity contribution < 1.29 is 14.9 Å². The Morgan fingerprint density at radius 3 is 2.52 bits per heavy atom. The van der Waals surface area contributed by atoms with Gasteiger partial charge in [0, 0.05) is 32.4 Å². The fourth-order valence-electron chi connectivity index (χ4n) is 2.89. The Labute approximate surface area is 143 Å². The molecule has 3 N–H and O–H groups in total. The number of aromatic nitrogens is 2. The maximum absolute atomic E-state index is 12.2. The molecule has 1 aliphatic heterocycles. The van der Waals surface area contributed by atoms with E-state index in [9.17, 15) is 19.8 Å². The molecule has 1 saturated heterocycles. The Bertz CT molecular complexity index is 856. The van der Waals surface area contributed by atoms with Crippen molar-refractivity contribution in [2.45, 2.75) is 24.9 Å². The summed E-state index contributed by atoms with van der Waals surface area (Å²) < 4.78 is 6.75. The number of nitrogens with zero attached hydrogens (tertiary/aromatic N) is 2. The summed E-state index contributed by atoms with van der Waals surface area (Å²) >= 11 is 0. The third-order valence-corrected chi connectivity index (χ3v) is 4.36. The van der Waals surface area contributed by atoms with Gasteiger partial charge in [0.2, 0.25) is 0 Å². The summed E-state index contributed by atoms with van der Waals surface area (Å²) in [5, 5.41) is 19.0. The van der Waals surface area contributed by atoms with Crippen LogP contribution in [0.25, 0.3) is 11.1 Å². The average Bonchev–Trinajstić information content (AvgIpc) is 2.95. The number of aliphatic hydroxyl groups excluding tert-OH is 2. The molecule has 1 aromatic heterocycles. The van der Waals surface area contributed by atoms with Crippen molar-refractivity contribution in [3.8, 4) is 11.1 Å². The van der Waals surface area contributed by atoms with Crippen LogP contribution in [-0.4, -0.2) is 52.7 Å². The molecular formula is C17H21N3O5. The average molecular weight is 347 g/mol. The monoisotopic (exact) mass is 347 g/mol. The molecular weight excluding hydrogens is 326 g/mol. The summed E-state index contributed by atoms with van der Waals surface area (Å²) in [4.78, 5) is 28.6. The standard InChI is InChI=1S/C17H21N3O5/c1-19(2)11-5-3-10(4-6-11)12-8-20(17(24)18-16(12)23)15-7-13(22)14(9-21)25-15/h3-6,8,13-15,21-22H,7,9H2,1-2H3,(H,18,23,24)/t13-,14+,15+/m0/s1. The molecule has 0 spiro atoms. The molecule has 134 valence electrons. The molecule has 8 heteroatoms. The fraction of sp³-hybridized carbons (Fsp3) is 0.412. The van der Waals surface area contributed by atoms with E-state index >= 15 is 0 Å². The number of aliphatic hydroxyl groups is 2. The molecule has 3 rings (SSSR count). The van der Waals surface area contributed by atoms with Crippen LogP contribution in [0.2, 0.25) is 0 Å². The number of H-pyrrole nitrogens is 1. The number of nitrogens with one attached hydrogen (secondary N) is 1.